The zero-order chi connectivity index (χ0) is 6.85. The third-order valence-electron chi connectivity index (χ3n) is 0.915. The molecule has 9 heavy (non-hydrogen) atoms. The van der Waals surface area contributed by atoms with Crippen molar-refractivity contribution in [3.63, 3.8) is 0 Å². The van der Waals surface area contributed by atoms with Gasteiger partial charge in [0.05, 0.1) is 5.51 Å². The molecular weight excluding hydrogens is 136 g/mol. The summed E-state index contributed by atoms with van der Waals surface area (Å²) in [6, 6.07) is 0. The van der Waals surface area contributed by atoms with Crippen LogP contribution in [-0.4, -0.2) is 10.8 Å². The van der Waals surface area contributed by atoms with E-state index in [1.807, 2.05) is 0 Å². The third-order valence-corrected chi connectivity index (χ3v) is 1.86. The molecule has 1 rings (SSSR count). The second-order valence-corrected chi connectivity index (χ2v) is 2.48. The fourth-order valence-corrected chi connectivity index (χ4v) is 1.13. The van der Waals surface area contributed by atoms with Gasteiger partial charge in [-0.3, -0.25) is 4.79 Å². The van der Waals surface area contributed by atoms with Gasteiger partial charge in [-0.15, -0.1) is 11.3 Å². The van der Waals surface area contributed by atoms with Crippen LogP contribution in [0.2, 0.25) is 0 Å². The van der Waals surface area contributed by atoms with Crippen LogP contribution in [-0.2, 0) is 0 Å². The Kier molecular flexibility index (Phi) is 1.48. The quantitative estimate of drug-likeness (QED) is 0.593. The number of nitrogens with two attached hydrogens (primary N) is 1. The van der Waals surface area contributed by atoms with E-state index in [4.69, 9.17) is 5.73 Å². The number of carbonyl (C=O) groups excluding carboxylic acids is 1. The molecule has 1 aromatic heterocycles. The molecule has 0 radical (unpaired) electrons. The first-order chi connectivity index (χ1) is 4.22. The second kappa shape index (κ2) is 2.14. The highest BCUT2D eigenvalue weighted by molar-refractivity contribution is 7.12. The van der Waals surface area contributed by atoms with Crippen LogP contribution in [0.4, 0.5) is 5.82 Å². The van der Waals surface area contributed by atoms with Gasteiger partial charge in [0.15, 0.2) is 5.78 Å². The number of Topliss-reactive ketones (excluding diaryl/α,β-unsaturated/α-hetero) is 1. The maximum absolute atomic E-state index is 10.6. The Bertz CT molecular complexity index is 231. The van der Waals surface area contributed by atoms with E-state index in [1.54, 1.807) is 5.51 Å². The van der Waals surface area contributed by atoms with Crippen molar-refractivity contribution in [3.8, 4) is 0 Å². The first kappa shape index (κ1) is 6.22. The van der Waals surface area contributed by atoms with Crippen LogP contribution >= 0.6 is 11.3 Å². The van der Waals surface area contributed by atoms with Gasteiger partial charge in [0, 0.05) is 6.92 Å². The molecule has 0 aliphatic rings. The molecule has 0 saturated carbocycles. The van der Waals surface area contributed by atoms with E-state index >= 15 is 0 Å². The Labute approximate surface area is 56.5 Å². The van der Waals surface area contributed by atoms with Gasteiger partial charge < -0.3 is 5.73 Å². The minimum absolute atomic E-state index is 0.0185. The number of anilines is 1. The summed E-state index contributed by atoms with van der Waals surface area (Å²) >= 11 is 1.27. The smallest absolute Gasteiger partial charge is 0.173 e. The Balaban J connectivity index is 3.08. The van der Waals surface area contributed by atoms with Gasteiger partial charge in [0.1, 0.15) is 10.7 Å². The number of carbonyl (C=O) groups is 1. The summed E-state index contributed by atoms with van der Waals surface area (Å²) < 4.78 is 0. The highest BCUT2D eigenvalue weighted by atomic mass is 32.1. The van der Waals surface area contributed by atoms with Crippen molar-refractivity contribution in [2.75, 3.05) is 5.73 Å². The third kappa shape index (κ3) is 1.08. The van der Waals surface area contributed by atoms with Gasteiger partial charge in [-0.2, -0.15) is 0 Å². The zero-order valence-electron chi connectivity index (χ0n) is 4.92. The molecule has 0 bridgehead atoms. The molecule has 1 heterocycles. The summed E-state index contributed by atoms with van der Waals surface area (Å²) in [6.07, 6.45) is 0. The first-order valence-electron chi connectivity index (χ1n) is 2.41. The van der Waals surface area contributed by atoms with E-state index in [9.17, 15) is 4.79 Å². The fraction of sp³-hybridized carbons (Fsp3) is 0.200. The minimum atomic E-state index is -0.0185. The van der Waals surface area contributed by atoms with Crippen molar-refractivity contribution in [3.05, 3.63) is 10.4 Å². The Morgan fingerprint density at radius 3 is 2.78 bits per heavy atom. The Morgan fingerprint density at radius 2 is 2.56 bits per heavy atom. The van der Waals surface area contributed by atoms with Crippen molar-refractivity contribution < 1.29 is 4.79 Å². The van der Waals surface area contributed by atoms with Crippen molar-refractivity contribution in [2.45, 2.75) is 6.92 Å². The normalized spacial score (nSPS) is 9.44. The van der Waals surface area contributed by atoms with Crippen molar-refractivity contribution in [1.82, 2.24) is 4.98 Å². The molecule has 0 aliphatic carbocycles. The van der Waals surface area contributed by atoms with Crippen molar-refractivity contribution in [1.29, 1.82) is 0 Å². The maximum Gasteiger partial charge on any atom is 0.173 e. The van der Waals surface area contributed by atoms with Crippen LogP contribution < -0.4 is 5.73 Å². The highest BCUT2D eigenvalue weighted by Crippen LogP contribution is 2.14. The molecule has 2 N–H and O–H groups in total. The molecule has 0 aliphatic heterocycles. The molecule has 0 fully saturated rings. The molecule has 0 atom stereocenters. The van der Waals surface area contributed by atoms with Gasteiger partial charge in [-0.25, -0.2) is 4.98 Å². The first-order valence-corrected chi connectivity index (χ1v) is 3.29. The summed E-state index contributed by atoms with van der Waals surface area (Å²) in [5.74, 6) is 0.322. The summed E-state index contributed by atoms with van der Waals surface area (Å²) in [4.78, 5) is 14.9. The predicted octanol–water partition coefficient (Wildman–Crippen LogP) is 0.928. The molecule has 4 heteroatoms. The SMILES string of the molecule is CC(=O)c1scnc1N. The molecule has 0 amide bonds. The number of rotatable bonds is 1. The van der Waals surface area contributed by atoms with E-state index in [-0.39, 0.29) is 5.78 Å². The standard InChI is InChI=1S/C5H6N2OS/c1-3(8)4-5(6)7-2-9-4/h2H,6H2,1H3. The van der Waals surface area contributed by atoms with Crippen LogP contribution in [0.5, 0.6) is 0 Å². The predicted molar refractivity (Wildman–Crippen MR) is 36.5 cm³/mol. The summed E-state index contributed by atoms with van der Waals surface area (Å²) in [5.41, 5.74) is 6.88. The zero-order valence-corrected chi connectivity index (χ0v) is 5.73. The van der Waals surface area contributed by atoms with Crippen LogP contribution in [0.15, 0.2) is 5.51 Å². The molecule has 3 nitrogen and oxygen atoms in total. The highest BCUT2D eigenvalue weighted by Gasteiger charge is 2.05. The van der Waals surface area contributed by atoms with Crippen LogP contribution in [0, 0.1) is 0 Å². The van der Waals surface area contributed by atoms with Gasteiger partial charge in [-0.05, 0) is 0 Å². The topological polar surface area (TPSA) is 56.0 Å². The van der Waals surface area contributed by atoms with E-state index < -0.39 is 0 Å². The van der Waals surface area contributed by atoms with Gasteiger partial charge >= 0.3 is 0 Å². The maximum atomic E-state index is 10.6. The summed E-state index contributed by atoms with van der Waals surface area (Å²) in [5, 5.41) is 0. The van der Waals surface area contributed by atoms with Crippen LogP contribution in [0.25, 0.3) is 0 Å². The number of nitrogen functional groups attached to an aromatic ring is 1. The monoisotopic (exact) mass is 142 g/mol. The molecule has 1 aromatic rings. The average Bonchev–Trinajstić information content (AvgIpc) is 2.13. The lowest BCUT2D eigenvalue weighted by atomic mass is 10.4. The summed E-state index contributed by atoms with van der Waals surface area (Å²) in [6.45, 7) is 1.48. The van der Waals surface area contributed by atoms with Crippen molar-refractivity contribution in [2.24, 2.45) is 0 Å². The molecule has 0 saturated heterocycles. The van der Waals surface area contributed by atoms with Crippen LogP contribution in [0.1, 0.15) is 16.6 Å². The fourth-order valence-electron chi connectivity index (χ4n) is 0.518. The lowest BCUT2D eigenvalue weighted by Gasteiger charge is -1.85. The Hall–Kier alpha value is -0.900. The van der Waals surface area contributed by atoms with E-state index in [1.165, 1.54) is 18.3 Å². The average molecular weight is 142 g/mol. The lowest BCUT2D eigenvalue weighted by molar-refractivity contribution is 0.102. The number of hydrogen-bond acceptors (Lipinski definition) is 4. The number of thiazole rings is 1. The molecule has 48 valence electrons. The Morgan fingerprint density at radius 1 is 1.89 bits per heavy atom. The number of nitrogens with zero attached hydrogens (tertiary/aromatic N) is 1. The van der Waals surface area contributed by atoms with Crippen molar-refractivity contribution >= 4 is 22.9 Å². The second-order valence-electron chi connectivity index (χ2n) is 1.62. The number of aromatic nitrogens is 1. The molecule has 0 aromatic carbocycles. The summed E-state index contributed by atoms with van der Waals surface area (Å²) in [7, 11) is 0. The molecule has 0 unspecified atom stereocenters. The van der Waals surface area contributed by atoms with Gasteiger partial charge in [-0.1, -0.05) is 0 Å². The molecular formula is C5H6N2OS. The number of hydrogen-bond donors (Lipinski definition) is 1. The molecule has 0 spiro atoms. The van der Waals surface area contributed by atoms with Gasteiger partial charge in [0.2, 0.25) is 0 Å². The van der Waals surface area contributed by atoms with Gasteiger partial charge in [0.25, 0.3) is 0 Å². The number of ketones is 1. The largest absolute Gasteiger partial charge is 0.382 e. The lowest BCUT2D eigenvalue weighted by Crippen LogP contribution is -1.94. The van der Waals surface area contributed by atoms with Crippen LogP contribution in [0.3, 0.4) is 0 Å². The van der Waals surface area contributed by atoms with E-state index in [2.05, 4.69) is 4.98 Å². The van der Waals surface area contributed by atoms with E-state index in [0.717, 1.165) is 0 Å². The minimum Gasteiger partial charge on any atom is -0.382 e. The van der Waals surface area contributed by atoms with E-state index in [0.29, 0.717) is 10.7 Å².